The van der Waals surface area contributed by atoms with E-state index in [-0.39, 0.29) is 0 Å². The Morgan fingerprint density at radius 2 is 2.06 bits per heavy atom. The second-order valence-electron chi connectivity index (χ2n) is 4.74. The van der Waals surface area contributed by atoms with Gasteiger partial charge in [-0.15, -0.1) is 0 Å². The van der Waals surface area contributed by atoms with E-state index < -0.39 is 6.10 Å². The van der Waals surface area contributed by atoms with Gasteiger partial charge in [-0.05, 0) is 6.07 Å². The van der Waals surface area contributed by atoms with Crippen LogP contribution in [0.4, 0.5) is 5.69 Å². The Balaban J connectivity index is 2.19. The smallest absolute Gasteiger partial charge is 0.111 e. The zero-order valence-corrected chi connectivity index (χ0v) is 10.7. The monoisotopic (exact) mass is 245 g/mol. The molecule has 0 amide bonds. The number of hydrogen-bond acceptors (Lipinski definition) is 3. The maximum Gasteiger partial charge on any atom is 0.111 e. The third kappa shape index (κ3) is 2.54. The minimum absolute atomic E-state index is 0.334. The molecule has 0 aliphatic heterocycles. The SMILES string of the molecule is CC(C)c1nccn1CC(O)c1ccccc1N. The van der Waals surface area contributed by atoms with Crippen molar-refractivity contribution >= 4 is 5.69 Å². The molecule has 1 heterocycles. The molecule has 0 spiro atoms. The van der Waals surface area contributed by atoms with Gasteiger partial charge in [-0.2, -0.15) is 0 Å². The lowest BCUT2D eigenvalue weighted by molar-refractivity contribution is 0.155. The number of nitrogens with zero attached hydrogens (tertiary/aromatic N) is 2. The van der Waals surface area contributed by atoms with Gasteiger partial charge in [0, 0.05) is 29.6 Å². The number of aliphatic hydroxyl groups excluding tert-OH is 1. The molecule has 0 bridgehead atoms. The third-order valence-corrected chi connectivity index (χ3v) is 2.99. The van der Waals surface area contributed by atoms with E-state index in [2.05, 4.69) is 18.8 Å². The van der Waals surface area contributed by atoms with Crippen molar-refractivity contribution in [3.8, 4) is 0 Å². The van der Waals surface area contributed by atoms with Gasteiger partial charge in [-0.3, -0.25) is 0 Å². The average molecular weight is 245 g/mol. The molecule has 0 aliphatic rings. The van der Waals surface area contributed by atoms with Gasteiger partial charge in [0.15, 0.2) is 0 Å². The van der Waals surface area contributed by atoms with Gasteiger partial charge in [-0.25, -0.2) is 4.98 Å². The first-order valence-electron chi connectivity index (χ1n) is 6.13. The molecule has 4 nitrogen and oxygen atoms in total. The molecule has 0 radical (unpaired) electrons. The molecule has 18 heavy (non-hydrogen) atoms. The van der Waals surface area contributed by atoms with Crippen molar-refractivity contribution in [1.29, 1.82) is 0 Å². The number of para-hydroxylation sites is 1. The van der Waals surface area contributed by atoms with Gasteiger partial charge in [-0.1, -0.05) is 32.0 Å². The van der Waals surface area contributed by atoms with Gasteiger partial charge >= 0.3 is 0 Å². The fraction of sp³-hybridized carbons (Fsp3) is 0.357. The highest BCUT2D eigenvalue weighted by molar-refractivity contribution is 5.47. The van der Waals surface area contributed by atoms with Crippen LogP contribution in [-0.2, 0) is 6.54 Å². The fourth-order valence-electron chi connectivity index (χ4n) is 2.07. The molecule has 0 fully saturated rings. The quantitative estimate of drug-likeness (QED) is 0.812. The summed E-state index contributed by atoms with van der Waals surface area (Å²) in [7, 11) is 0. The lowest BCUT2D eigenvalue weighted by atomic mass is 10.1. The predicted molar refractivity (Wildman–Crippen MR) is 72.1 cm³/mol. The molecular weight excluding hydrogens is 226 g/mol. The molecule has 1 aromatic carbocycles. The summed E-state index contributed by atoms with van der Waals surface area (Å²) in [5.41, 5.74) is 7.25. The van der Waals surface area contributed by atoms with Crippen LogP contribution in [0.2, 0.25) is 0 Å². The summed E-state index contributed by atoms with van der Waals surface area (Å²) in [5, 5.41) is 10.3. The number of hydrogen-bond donors (Lipinski definition) is 2. The molecule has 1 atom stereocenters. The van der Waals surface area contributed by atoms with E-state index in [1.807, 2.05) is 29.0 Å². The second-order valence-corrected chi connectivity index (χ2v) is 4.74. The van der Waals surface area contributed by atoms with Crippen molar-refractivity contribution in [2.45, 2.75) is 32.4 Å². The number of rotatable bonds is 4. The summed E-state index contributed by atoms with van der Waals surface area (Å²) in [4.78, 5) is 4.31. The Kier molecular flexibility index (Phi) is 3.67. The summed E-state index contributed by atoms with van der Waals surface area (Å²) in [6.07, 6.45) is 3.03. The first-order valence-corrected chi connectivity index (χ1v) is 6.13. The molecular formula is C14H19N3O. The Morgan fingerprint density at radius 3 is 2.72 bits per heavy atom. The van der Waals surface area contributed by atoms with Crippen molar-refractivity contribution in [3.05, 3.63) is 48.0 Å². The molecule has 0 saturated carbocycles. The normalized spacial score (nSPS) is 12.9. The van der Waals surface area contributed by atoms with Gasteiger partial charge in [0.1, 0.15) is 5.82 Å². The predicted octanol–water partition coefficient (Wildman–Crippen LogP) is 2.32. The number of aromatic nitrogens is 2. The molecule has 96 valence electrons. The minimum atomic E-state index is -0.613. The molecule has 1 unspecified atom stereocenters. The van der Waals surface area contributed by atoms with Crippen molar-refractivity contribution in [2.24, 2.45) is 0 Å². The van der Waals surface area contributed by atoms with E-state index in [1.165, 1.54) is 0 Å². The lowest BCUT2D eigenvalue weighted by Crippen LogP contribution is -2.13. The topological polar surface area (TPSA) is 64.1 Å². The molecule has 3 N–H and O–H groups in total. The molecule has 0 saturated heterocycles. The summed E-state index contributed by atoms with van der Waals surface area (Å²) in [5.74, 6) is 1.31. The van der Waals surface area contributed by atoms with Crippen LogP contribution < -0.4 is 5.73 Å². The van der Waals surface area contributed by atoms with E-state index in [9.17, 15) is 5.11 Å². The number of imidazole rings is 1. The van der Waals surface area contributed by atoms with Gasteiger partial charge < -0.3 is 15.4 Å². The highest BCUT2D eigenvalue weighted by Gasteiger charge is 2.14. The van der Waals surface area contributed by atoms with E-state index in [1.54, 1.807) is 12.3 Å². The molecule has 1 aromatic heterocycles. The number of anilines is 1. The van der Waals surface area contributed by atoms with Crippen LogP contribution in [0.15, 0.2) is 36.7 Å². The highest BCUT2D eigenvalue weighted by Crippen LogP contribution is 2.23. The molecule has 2 aromatic rings. The summed E-state index contributed by atoms with van der Waals surface area (Å²) >= 11 is 0. The van der Waals surface area contributed by atoms with Crippen LogP contribution in [0.25, 0.3) is 0 Å². The standard InChI is InChI=1S/C14H19N3O/c1-10(2)14-16-7-8-17(14)9-13(18)11-5-3-4-6-12(11)15/h3-8,10,13,18H,9,15H2,1-2H3. The van der Waals surface area contributed by atoms with Crippen LogP contribution in [0.5, 0.6) is 0 Å². The number of nitrogen functional groups attached to an aromatic ring is 1. The summed E-state index contributed by atoms with van der Waals surface area (Å²) < 4.78 is 1.97. The fourth-order valence-corrected chi connectivity index (χ4v) is 2.07. The highest BCUT2D eigenvalue weighted by atomic mass is 16.3. The zero-order chi connectivity index (χ0) is 13.1. The molecule has 4 heteroatoms. The maximum atomic E-state index is 10.3. The summed E-state index contributed by atoms with van der Waals surface area (Å²) in [6.45, 7) is 4.64. The van der Waals surface area contributed by atoms with Crippen molar-refractivity contribution < 1.29 is 5.11 Å². The number of aliphatic hydroxyl groups is 1. The van der Waals surface area contributed by atoms with Crippen LogP contribution in [0, 0.1) is 0 Å². The Hall–Kier alpha value is -1.81. The van der Waals surface area contributed by atoms with E-state index >= 15 is 0 Å². The van der Waals surface area contributed by atoms with E-state index in [4.69, 9.17) is 5.73 Å². The number of benzene rings is 1. The number of nitrogens with two attached hydrogens (primary N) is 1. The van der Waals surface area contributed by atoms with Crippen LogP contribution in [-0.4, -0.2) is 14.7 Å². The van der Waals surface area contributed by atoms with Crippen molar-refractivity contribution in [1.82, 2.24) is 9.55 Å². The van der Waals surface area contributed by atoms with E-state index in [0.29, 0.717) is 18.2 Å². The Bertz CT molecular complexity index is 519. The molecule has 0 aliphatic carbocycles. The second kappa shape index (κ2) is 5.23. The summed E-state index contributed by atoms with van der Waals surface area (Å²) in [6, 6.07) is 7.40. The van der Waals surface area contributed by atoms with Crippen LogP contribution in [0.1, 0.15) is 37.3 Å². The minimum Gasteiger partial charge on any atom is -0.398 e. The largest absolute Gasteiger partial charge is 0.398 e. The average Bonchev–Trinajstić information content (AvgIpc) is 2.77. The lowest BCUT2D eigenvalue weighted by Gasteiger charge is -2.16. The Morgan fingerprint density at radius 1 is 1.33 bits per heavy atom. The Labute approximate surface area is 107 Å². The van der Waals surface area contributed by atoms with Crippen molar-refractivity contribution in [2.75, 3.05) is 5.73 Å². The first-order chi connectivity index (χ1) is 8.59. The third-order valence-electron chi connectivity index (χ3n) is 2.99. The first kappa shape index (κ1) is 12.6. The van der Waals surface area contributed by atoms with Gasteiger partial charge in [0.2, 0.25) is 0 Å². The van der Waals surface area contributed by atoms with Crippen LogP contribution >= 0.6 is 0 Å². The van der Waals surface area contributed by atoms with Crippen LogP contribution in [0.3, 0.4) is 0 Å². The van der Waals surface area contributed by atoms with Crippen molar-refractivity contribution in [3.63, 3.8) is 0 Å². The van der Waals surface area contributed by atoms with Gasteiger partial charge in [0.05, 0.1) is 12.6 Å². The molecule has 2 rings (SSSR count). The van der Waals surface area contributed by atoms with E-state index in [0.717, 1.165) is 11.4 Å². The van der Waals surface area contributed by atoms with Gasteiger partial charge in [0.25, 0.3) is 0 Å². The maximum absolute atomic E-state index is 10.3. The zero-order valence-electron chi connectivity index (χ0n) is 10.7.